The first-order valence-corrected chi connectivity index (χ1v) is 11.1. The Balaban J connectivity index is 1.55. The van der Waals surface area contributed by atoms with Gasteiger partial charge in [0.15, 0.2) is 0 Å². The van der Waals surface area contributed by atoms with Gasteiger partial charge in [-0.2, -0.15) is 0 Å². The molecule has 3 rings (SSSR count). The van der Waals surface area contributed by atoms with E-state index in [9.17, 15) is 9.59 Å². The van der Waals surface area contributed by atoms with Crippen molar-refractivity contribution in [3.8, 4) is 17.1 Å². The van der Waals surface area contributed by atoms with Crippen LogP contribution in [0.2, 0.25) is 0 Å². The second-order valence-electron chi connectivity index (χ2n) is 8.18. The van der Waals surface area contributed by atoms with Gasteiger partial charge in [0.05, 0.1) is 20.0 Å². The van der Waals surface area contributed by atoms with Crippen molar-refractivity contribution in [2.75, 3.05) is 20.8 Å². The lowest BCUT2D eigenvalue weighted by atomic mass is 10.0. The van der Waals surface area contributed by atoms with E-state index in [-0.39, 0.29) is 11.9 Å². The molecule has 1 amide bonds. The van der Waals surface area contributed by atoms with Crippen molar-refractivity contribution >= 4 is 11.9 Å². The summed E-state index contributed by atoms with van der Waals surface area (Å²) in [5, 5.41) is 0. The van der Waals surface area contributed by atoms with Crippen LogP contribution in [0.1, 0.15) is 42.1 Å². The number of ether oxygens (including phenoxy) is 2. The van der Waals surface area contributed by atoms with E-state index >= 15 is 0 Å². The van der Waals surface area contributed by atoms with Gasteiger partial charge in [0, 0.05) is 36.7 Å². The fourth-order valence-electron chi connectivity index (χ4n) is 3.52. The molecule has 0 radical (unpaired) electrons. The number of carbonyl (C=O) groups is 2. The molecule has 0 fully saturated rings. The summed E-state index contributed by atoms with van der Waals surface area (Å²) in [6, 6.07) is 18.9. The molecule has 2 aromatic carbocycles. The molecule has 1 atom stereocenters. The summed E-state index contributed by atoms with van der Waals surface area (Å²) in [6.45, 7) is 3.08. The van der Waals surface area contributed by atoms with E-state index in [0.29, 0.717) is 31.1 Å². The first kappa shape index (κ1) is 24.1. The zero-order valence-corrected chi connectivity index (χ0v) is 19.5. The third kappa shape index (κ3) is 6.97. The van der Waals surface area contributed by atoms with Crippen LogP contribution in [0.5, 0.6) is 5.75 Å². The largest absolute Gasteiger partial charge is 0.493 e. The highest BCUT2D eigenvalue weighted by atomic mass is 16.5. The molecule has 0 aliphatic rings. The van der Waals surface area contributed by atoms with Crippen LogP contribution in [0.15, 0.2) is 71.3 Å². The summed E-state index contributed by atoms with van der Waals surface area (Å²) in [7, 11) is 3.19. The van der Waals surface area contributed by atoms with E-state index in [4.69, 9.17) is 13.9 Å². The van der Waals surface area contributed by atoms with Crippen molar-refractivity contribution in [2.24, 2.45) is 5.92 Å². The highest BCUT2D eigenvalue weighted by Gasteiger charge is 2.15. The van der Waals surface area contributed by atoms with Gasteiger partial charge in [-0.3, -0.25) is 9.59 Å². The molecule has 0 spiro atoms. The van der Waals surface area contributed by atoms with Gasteiger partial charge in [-0.1, -0.05) is 37.3 Å². The minimum atomic E-state index is -0.184. The number of rotatable bonds is 11. The number of amides is 1. The maximum Gasteiger partial charge on any atom is 0.305 e. The molecular formula is C27H31NO5. The van der Waals surface area contributed by atoms with Crippen LogP contribution in [0, 0.1) is 5.92 Å². The molecule has 0 saturated heterocycles. The van der Waals surface area contributed by atoms with Crippen molar-refractivity contribution in [3.05, 3.63) is 78.1 Å². The van der Waals surface area contributed by atoms with Gasteiger partial charge in [0.2, 0.25) is 0 Å². The first-order chi connectivity index (χ1) is 16.0. The first-order valence-electron chi connectivity index (χ1n) is 11.1. The van der Waals surface area contributed by atoms with E-state index in [0.717, 1.165) is 35.5 Å². The van der Waals surface area contributed by atoms with Crippen molar-refractivity contribution < 1.29 is 23.5 Å². The predicted molar refractivity (Wildman–Crippen MR) is 127 cm³/mol. The summed E-state index contributed by atoms with van der Waals surface area (Å²) >= 11 is 0. The van der Waals surface area contributed by atoms with Crippen molar-refractivity contribution in [3.63, 3.8) is 0 Å². The van der Waals surface area contributed by atoms with Crippen LogP contribution in [-0.4, -0.2) is 37.5 Å². The van der Waals surface area contributed by atoms with Crippen LogP contribution in [0.3, 0.4) is 0 Å². The van der Waals surface area contributed by atoms with E-state index in [1.807, 2.05) is 60.7 Å². The molecule has 1 heterocycles. The fraction of sp³-hybridized carbons (Fsp3) is 0.333. The monoisotopic (exact) mass is 449 g/mol. The highest BCUT2D eigenvalue weighted by molar-refractivity contribution is 5.94. The number of esters is 1. The molecular weight excluding hydrogens is 418 g/mol. The average Bonchev–Trinajstić information content (AvgIpc) is 3.38. The summed E-state index contributed by atoms with van der Waals surface area (Å²) in [6.07, 6.45) is 3.66. The van der Waals surface area contributed by atoms with Gasteiger partial charge in [-0.25, -0.2) is 0 Å². The minimum absolute atomic E-state index is 0.0627. The van der Waals surface area contributed by atoms with Gasteiger partial charge < -0.3 is 18.8 Å². The van der Waals surface area contributed by atoms with Gasteiger partial charge in [-0.05, 0) is 49.1 Å². The van der Waals surface area contributed by atoms with Crippen LogP contribution in [0.25, 0.3) is 11.3 Å². The zero-order valence-electron chi connectivity index (χ0n) is 19.5. The molecule has 0 bridgehead atoms. The Morgan fingerprint density at radius 2 is 1.76 bits per heavy atom. The van der Waals surface area contributed by atoms with Crippen LogP contribution < -0.4 is 4.74 Å². The highest BCUT2D eigenvalue weighted by Crippen LogP contribution is 2.23. The third-order valence-corrected chi connectivity index (χ3v) is 5.60. The standard InChI is InChI=1S/C27H31NO5/c1-20(10-15-26(29)31-3)16-18-33-25-8-5-4-7-23(25)19-28(2)27(30)22-13-11-21(12-14-22)24-9-6-17-32-24/h4-9,11-14,17,20H,10,15-16,18-19H2,1-3H3. The second-order valence-corrected chi connectivity index (χ2v) is 8.18. The maximum atomic E-state index is 12.9. The van der Waals surface area contributed by atoms with E-state index in [2.05, 4.69) is 6.92 Å². The number of hydrogen-bond donors (Lipinski definition) is 0. The molecule has 1 aromatic heterocycles. The van der Waals surface area contributed by atoms with Gasteiger partial charge in [0.1, 0.15) is 11.5 Å². The lowest BCUT2D eigenvalue weighted by Gasteiger charge is -2.20. The predicted octanol–water partition coefficient (Wildman–Crippen LogP) is 5.58. The van der Waals surface area contributed by atoms with Gasteiger partial charge >= 0.3 is 5.97 Å². The summed E-state index contributed by atoms with van der Waals surface area (Å²) in [4.78, 5) is 25.9. The number of benzene rings is 2. The molecule has 33 heavy (non-hydrogen) atoms. The Hall–Kier alpha value is -3.54. The Morgan fingerprint density at radius 1 is 1.00 bits per heavy atom. The molecule has 3 aromatic rings. The molecule has 0 aliphatic heterocycles. The molecule has 174 valence electrons. The van der Waals surface area contributed by atoms with Crippen LogP contribution >= 0.6 is 0 Å². The number of nitrogens with zero attached hydrogens (tertiary/aromatic N) is 1. The third-order valence-electron chi connectivity index (χ3n) is 5.60. The Kier molecular flexibility index (Phi) is 8.70. The fourth-order valence-corrected chi connectivity index (χ4v) is 3.52. The lowest BCUT2D eigenvalue weighted by molar-refractivity contribution is -0.140. The normalized spacial score (nSPS) is 11.6. The second kappa shape index (κ2) is 11.9. The number of furan rings is 1. The Bertz CT molecular complexity index is 1030. The molecule has 1 unspecified atom stereocenters. The quantitative estimate of drug-likeness (QED) is 0.358. The number of methoxy groups -OCH3 is 1. The summed E-state index contributed by atoms with van der Waals surface area (Å²) in [5.41, 5.74) is 2.49. The molecule has 0 saturated carbocycles. The van der Waals surface area contributed by atoms with Crippen molar-refractivity contribution in [2.45, 2.75) is 32.7 Å². The number of para-hydroxylation sites is 1. The SMILES string of the molecule is COC(=O)CCC(C)CCOc1ccccc1CN(C)C(=O)c1ccc(-c2ccco2)cc1. The van der Waals surface area contributed by atoms with Crippen LogP contribution in [-0.2, 0) is 16.1 Å². The van der Waals surface area contributed by atoms with Crippen LogP contribution in [0.4, 0.5) is 0 Å². The number of hydrogen-bond acceptors (Lipinski definition) is 5. The molecule has 6 nitrogen and oxygen atoms in total. The van der Waals surface area contributed by atoms with E-state index in [1.165, 1.54) is 7.11 Å². The molecule has 6 heteroatoms. The van der Waals surface area contributed by atoms with E-state index in [1.54, 1.807) is 18.2 Å². The zero-order chi connectivity index (χ0) is 23.6. The smallest absolute Gasteiger partial charge is 0.305 e. The van der Waals surface area contributed by atoms with Crippen molar-refractivity contribution in [1.82, 2.24) is 4.90 Å². The van der Waals surface area contributed by atoms with Gasteiger partial charge in [-0.15, -0.1) is 0 Å². The minimum Gasteiger partial charge on any atom is -0.493 e. The van der Waals surface area contributed by atoms with Crippen molar-refractivity contribution in [1.29, 1.82) is 0 Å². The maximum absolute atomic E-state index is 12.9. The number of carbonyl (C=O) groups excluding carboxylic acids is 2. The summed E-state index contributed by atoms with van der Waals surface area (Å²) in [5.74, 6) is 1.65. The van der Waals surface area contributed by atoms with Gasteiger partial charge in [0.25, 0.3) is 5.91 Å². The topological polar surface area (TPSA) is 69.0 Å². The molecule has 0 N–H and O–H groups in total. The summed E-state index contributed by atoms with van der Waals surface area (Å²) < 4.78 is 16.1. The Labute approximate surface area is 195 Å². The van der Waals surface area contributed by atoms with E-state index < -0.39 is 0 Å². The lowest BCUT2D eigenvalue weighted by Crippen LogP contribution is -2.26. The average molecular weight is 450 g/mol. The molecule has 0 aliphatic carbocycles. The Morgan fingerprint density at radius 3 is 2.45 bits per heavy atom.